The van der Waals surface area contributed by atoms with Crippen molar-refractivity contribution in [3.8, 4) is 0 Å². The summed E-state index contributed by atoms with van der Waals surface area (Å²) in [4.78, 5) is 0. The lowest BCUT2D eigenvalue weighted by molar-refractivity contribution is -0.0704. The van der Waals surface area contributed by atoms with Crippen molar-refractivity contribution in [2.75, 3.05) is 0 Å². The molecule has 13 heavy (non-hydrogen) atoms. The van der Waals surface area contributed by atoms with Crippen LogP contribution in [0.15, 0.2) is 0 Å². The predicted octanol–water partition coefficient (Wildman–Crippen LogP) is 1.39. The van der Waals surface area contributed by atoms with Gasteiger partial charge in [0.25, 0.3) is 0 Å². The summed E-state index contributed by atoms with van der Waals surface area (Å²) in [5.74, 6) is 0.830. The normalized spacial score (nSPS) is 64.4. The largest absolute Gasteiger partial charge is 0.325 e. The van der Waals surface area contributed by atoms with Gasteiger partial charge in [0.2, 0.25) is 0 Å². The fourth-order valence-electron chi connectivity index (χ4n) is 5.08. The third kappa shape index (κ3) is 1.08. The van der Waals surface area contributed by atoms with Crippen LogP contribution < -0.4 is 11.5 Å². The molecule has 0 spiro atoms. The van der Waals surface area contributed by atoms with E-state index in [1.807, 2.05) is 0 Å². The van der Waals surface area contributed by atoms with Crippen LogP contribution in [0, 0.1) is 11.3 Å². The van der Waals surface area contributed by atoms with Crippen molar-refractivity contribution in [1.82, 2.24) is 0 Å². The van der Waals surface area contributed by atoms with E-state index in [-0.39, 0.29) is 11.1 Å². The molecule has 0 heterocycles. The molecule has 0 aromatic rings. The lowest BCUT2D eigenvalue weighted by Gasteiger charge is -2.64. The Morgan fingerprint density at radius 1 is 0.923 bits per heavy atom. The molecule has 4 rings (SSSR count). The summed E-state index contributed by atoms with van der Waals surface area (Å²) < 4.78 is 0. The highest BCUT2D eigenvalue weighted by molar-refractivity contribution is 5.16. The first-order chi connectivity index (χ1) is 5.91. The van der Waals surface area contributed by atoms with Gasteiger partial charge in [-0.25, -0.2) is 0 Å². The number of rotatable bonds is 0. The van der Waals surface area contributed by atoms with E-state index in [9.17, 15) is 0 Å². The summed E-state index contributed by atoms with van der Waals surface area (Å²) in [5, 5.41) is 0. The molecule has 4 fully saturated rings. The molecule has 2 nitrogen and oxygen atoms in total. The van der Waals surface area contributed by atoms with E-state index < -0.39 is 0 Å². The van der Waals surface area contributed by atoms with Crippen molar-refractivity contribution >= 4 is 0 Å². The average Bonchev–Trinajstić information content (AvgIpc) is 1.71. The second-order valence-corrected chi connectivity index (χ2v) is 6.54. The van der Waals surface area contributed by atoms with Gasteiger partial charge in [0, 0.05) is 11.1 Å². The highest BCUT2D eigenvalue weighted by Gasteiger charge is 2.59. The van der Waals surface area contributed by atoms with Crippen LogP contribution in [0.25, 0.3) is 0 Å². The summed E-state index contributed by atoms with van der Waals surface area (Å²) in [7, 11) is 0. The Hall–Kier alpha value is -0.0800. The molecule has 2 unspecified atom stereocenters. The van der Waals surface area contributed by atoms with Crippen molar-refractivity contribution < 1.29 is 0 Å². The minimum absolute atomic E-state index is 0.100. The summed E-state index contributed by atoms with van der Waals surface area (Å²) in [6.45, 7) is 2.39. The van der Waals surface area contributed by atoms with Gasteiger partial charge in [0.05, 0.1) is 0 Å². The van der Waals surface area contributed by atoms with Crippen molar-refractivity contribution in [1.29, 1.82) is 0 Å². The van der Waals surface area contributed by atoms with Gasteiger partial charge in [-0.2, -0.15) is 0 Å². The second kappa shape index (κ2) is 1.96. The predicted molar refractivity (Wildman–Crippen MR) is 53.1 cm³/mol. The summed E-state index contributed by atoms with van der Waals surface area (Å²) in [5.41, 5.74) is 13.5. The molecule has 4 aliphatic rings. The van der Waals surface area contributed by atoms with E-state index in [1.165, 1.54) is 32.1 Å². The van der Waals surface area contributed by atoms with Crippen molar-refractivity contribution in [2.45, 2.75) is 56.5 Å². The topological polar surface area (TPSA) is 52.0 Å². The second-order valence-electron chi connectivity index (χ2n) is 6.54. The molecule has 0 amide bonds. The van der Waals surface area contributed by atoms with Crippen molar-refractivity contribution in [2.24, 2.45) is 22.8 Å². The lowest BCUT2D eigenvalue weighted by Crippen LogP contribution is -2.68. The van der Waals surface area contributed by atoms with Crippen LogP contribution in [0.1, 0.15) is 45.4 Å². The molecular formula is C11H20N2. The van der Waals surface area contributed by atoms with Crippen LogP contribution in [0.4, 0.5) is 0 Å². The molecular weight excluding hydrogens is 160 g/mol. The van der Waals surface area contributed by atoms with Gasteiger partial charge in [-0.3, -0.25) is 0 Å². The lowest BCUT2D eigenvalue weighted by atomic mass is 9.45. The first kappa shape index (κ1) is 8.25. The molecule has 0 saturated heterocycles. The summed E-state index contributed by atoms with van der Waals surface area (Å²) in [6, 6.07) is 0. The first-order valence-corrected chi connectivity index (χ1v) is 5.48. The van der Waals surface area contributed by atoms with Crippen LogP contribution in [0.5, 0.6) is 0 Å². The maximum absolute atomic E-state index is 6.41. The van der Waals surface area contributed by atoms with Gasteiger partial charge in [-0.05, 0) is 49.9 Å². The Balaban J connectivity index is 2.03. The van der Waals surface area contributed by atoms with Gasteiger partial charge in [0.1, 0.15) is 0 Å². The van der Waals surface area contributed by atoms with Crippen LogP contribution >= 0.6 is 0 Å². The van der Waals surface area contributed by atoms with Gasteiger partial charge >= 0.3 is 0 Å². The summed E-state index contributed by atoms with van der Waals surface area (Å²) >= 11 is 0. The fourth-order valence-corrected chi connectivity index (χ4v) is 5.08. The van der Waals surface area contributed by atoms with Crippen LogP contribution in [0.2, 0.25) is 0 Å². The Bertz CT molecular complexity index is 210. The number of hydrogen-bond donors (Lipinski definition) is 2. The van der Waals surface area contributed by atoms with Gasteiger partial charge < -0.3 is 11.5 Å². The van der Waals surface area contributed by atoms with Gasteiger partial charge in [-0.15, -0.1) is 0 Å². The molecule has 4 aliphatic carbocycles. The summed E-state index contributed by atoms with van der Waals surface area (Å²) in [6.07, 6.45) is 7.37. The zero-order valence-corrected chi connectivity index (χ0v) is 8.47. The zero-order chi connectivity index (χ0) is 9.32. The highest BCUT2D eigenvalue weighted by Crippen LogP contribution is 2.61. The van der Waals surface area contributed by atoms with Crippen molar-refractivity contribution in [3.63, 3.8) is 0 Å². The van der Waals surface area contributed by atoms with E-state index in [0.29, 0.717) is 5.41 Å². The van der Waals surface area contributed by atoms with Gasteiger partial charge in [-0.1, -0.05) is 6.92 Å². The molecule has 0 aliphatic heterocycles. The average molecular weight is 180 g/mol. The van der Waals surface area contributed by atoms with E-state index in [0.717, 1.165) is 12.3 Å². The zero-order valence-electron chi connectivity index (χ0n) is 8.47. The quantitative estimate of drug-likeness (QED) is 0.592. The minimum atomic E-state index is 0.100. The standard InChI is InChI=1S/C11H20N2/c1-9-2-8-3-10(12,5-9)7-11(13,4-8)6-9/h8H,2-7,12-13H2,1H3/t8?,9?,10-,11+. The Morgan fingerprint density at radius 2 is 1.46 bits per heavy atom. The molecule has 74 valence electrons. The first-order valence-electron chi connectivity index (χ1n) is 5.48. The monoisotopic (exact) mass is 180 g/mol. The molecule has 0 radical (unpaired) electrons. The smallest absolute Gasteiger partial charge is 0.0179 e. The third-order valence-corrected chi connectivity index (χ3v) is 4.43. The number of nitrogens with two attached hydrogens (primary N) is 2. The molecule has 0 aromatic heterocycles. The maximum Gasteiger partial charge on any atom is 0.0179 e. The van der Waals surface area contributed by atoms with Crippen LogP contribution in [0.3, 0.4) is 0 Å². The highest BCUT2D eigenvalue weighted by atomic mass is 14.9. The van der Waals surface area contributed by atoms with E-state index in [2.05, 4.69) is 6.92 Å². The molecule has 2 heteroatoms. The van der Waals surface area contributed by atoms with Gasteiger partial charge in [0.15, 0.2) is 0 Å². The molecule has 4 saturated carbocycles. The third-order valence-electron chi connectivity index (χ3n) is 4.43. The van der Waals surface area contributed by atoms with E-state index in [4.69, 9.17) is 11.5 Å². The van der Waals surface area contributed by atoms with E-state index in [1.54, 1.807) is 0 Å². The molecule has 0 aromatic carbocycles. The molecule has 4 bridgehead atoms. The fraction of sp³-hybridized carbons (Fsp3) is 1.00. The Kier molecular flexibility index (Phi) is 1.24. The Morgan fingerprint density at radius 3 is 1.85 bits per heavy atom. The molecule has 4 atom stereocenters. The Labute approximate surface area is 80.1 Å². The minimum Gasteiger partial charge on any atom is -0.325 e. The van der Waals surface area contributed by atoms with Crippen LogP contribution in [-0.4, -0.2) is 11.1 Å². The maximum atomic E-state index is 6.41. The SMILES string of the molecule is CC12CC3C[C@@](N)(C1)C[C@](N)(C3)C2. The van der Waals surface area contributed by atoms with Crippen LogP contribution in [-0.2, 0) is 0 Å². The number of hydrogen-bond acceptors (Lipinski definition) is 2. The molecule has 4 N–H and O–H groups in total. The van der Waals surface area contributed by atoms with E-state index >= 15 is 0 Å². The van der Waals surface area contributed by atoms with Crippen molar-refractivity contribution in [3.05, 3.63) is 0 Å².